The van der Waals surface area contributed by atoms with E-state index in [9.17, 15) is 9.00 Å². The lowest BCUT2D eigenvalue weighted by molar-refractivity contribution is 0.102. The molecule has 2 heterocycles. The molecule has 3 aromatic rings. The van der Waals surface area contributed by atoms with E-state index in [-0.39, 0.29) is 12.6 Å². The lowest BCUT2D eigenvalue weighted by atomic mass is 10.1. The van der Waals surface area contributed by atoms with Crippen LogP contribution in [0.3, 0.4) is 0 Å². The summed E-state index contributed by atoms with van der Waals surface area (Å²) in [6.45, 7) is 0.752. The molecule has 0 radical (unpaired) electrons. The number of carbonyl (C=O) groups is 1. The number of pyridine rings is 1. The van der Waals surface area contributed by atoms with Crippen LogP contribution in [0.25, 0.3) is 11.3 Å². The van der Waals surface area contributed by atoms with Gasteiger partial charge in [0, 0.05) is 29.1 Å². The molecule has 0 aliphatic carbocycles. The highest BCUT2D eigenvalue weighted by molar-refractivity contribution is 7.86. The first kappa shape index (κ1) is 21.3. The third kappa shape index (κ3) is 4.87. The van der Waals surface area contributed by atoms with E-state index in [1.165, 1.54) is 0 Å². The van der Waals surface area contributed by atoms with Crippen LogP contribution in [0.2, 0.25) is 5.02 Å². The molecule has 4 rings (SSSR count). The SMILES string of the molecule is COc1ccnc(-c2cc(NC(=O)c3ccc(N4COCCS4=O)cc3)ccc2Cl)c1. The van der Waals surface area contributed by atoms with E-state index in [1.807, 2.05) is 0 Å². The van der Waals surface area contributed by atoms with Crippen molar-refractivity contribution in [3.8, 4) is 17.0 Å². The smallest absolute Gasteiger partial charge is 0.255 e. The number of nitrogens with zero attached hydrogens (tertiary/aromatic N) is 2. The third-order valence-corrected chi connectivity index (χ3v) is 6.39. The van der Waals surface area contributed by atoms with Crippen molar-refractivity contribution in [3.05, 3.63) is 71.4 Å². The monoisotopic (exact) mass is 457 g/mol. The zero-order valence-electron chi connectivity index (χ0n) is 16.7. The van der Waals surface area contributed by atoms with Gasteiger partial charge in [0.05, 0.1) is 35.9 Å². The summed E-state index contributed by atoms with van der Waals surface area (Å²) in [4.78, 5) is 17.1. The number of benzene rings is 2. The molecule has 9 heteroatoms. The fourth-order valence-corrected chi connectivity index (χ4v) is 4.35. The van der Waals surface area contributed by atoms with Gasteiger partial charge in [-0.25, -0.2) is 4.21 Å². The van der Waals surface area contributed by atoms with Crippen LogP contribution in [0.5, 0.6) is 5.75 Å². The number of ether oxygens (including phenoxy) is 2. The van der Waals surface area contributed by atoms with Gasteiger partial charge >= 0.3 is 0 Å². The number of methoxy groups -OCH3 is 1. The maximum absolute atomic E-state index is 12.7. The van der Waals surface area contributed by atoms with Gasteiger partial charge in [-0.15, -0.1) is 0 Å². The molecule has 1 aliphatic heterocycles. The fourth-order valence-electron chi connectivity index (χ4n) is 3.11. The van der Waals surface area contributed by atoms with Crippen LogP contribution in [0, 0.1) is 0 Å². The minimum absolute atomic E-state index is 0.268. The number of hydrogen-bond donors (Lipinski definition) is 1. The molecule has 0 spiro atoms. The van der Waals surface area contributed by atoms with Gasteiger partial charge in [0.25, 0.3) is 5.91 Å². The Balaban J connectivity index is 1.51. The van der Waals surface area contributed by atoms with E-state index in [4.69, 9.17) is 21.1 Å². The zero-order valence-corrected chi connectivity index (χ0v) is 18.3. The summed E-state index contributed by atoms with van der Waals surface area (Å²) in [7, 11) is 0.459. The Kier molecular flexibility index (Phi) is 6.50. The number of aromatic nitrogens is 1. The van der Waals surface area contributed by atoms with Crippen molar-refractivity contribution in [2.45, 2.75) is 0 Å². The van der Waals surface area contributed by atoms with Crippen molar-refractivity contribution in [1.29, 1.82) is 0 Å². The summed E-state index contributed by atoms with van der Waals surface area (Å²) in [5.41, 5.74) is 3.13. The van der Waals surface area contributed by atoms with E-state index in [2.05, 4.69) is 10.3 Å². The van der Waals surface area contributed by atoms with Gasteiger partial charge in [-0.1, -0.05) is 11.6 Å². The van der Waals surface area contributed by atoms with Crippen LogP contribution in [-0.4, -0.2) is 41.3 Å². The highest BCUT2D eigenvalue weighted by Gasteiger charge is 2.19. The highest BCUT2D eigenvalue weighted by Crippen LogP contribution is 2.31. The summed E-state index contributed by atoms with van der Waals surface area (Å²) in [6, 6.07) is 15.6. The summed E-state index contributed by atoms with van der Waals surface area (Å²) < 4.78 is 24.4. The molecule has 1 N–H and O–H groups in total. The molecular formula is C22H20ClN3O4S. The molecule has 1 saturated heterocycles. The number of rotatable bonds is 5. The molecule has 1 fully saturated rings. The number of amides is 1. The maximum atomic E-state index is 12.7. The van der Waals surface area contributed by atoms with Gasteiger partial charge in [-0.05, 0) is 48.5 Å². The normalized spacial score (nSPS) is 16.1. The summed E-state index contributed by atoms with van der Waals surface area (Å²) in [5, 5.41) is 3.39. The minimum Gasteiger partial charge on any atom is -0.497 e. The van der Waals surface area contributed by atoms with Crippen LogP contribution in [0.15, 0.2) is 60.8 Å². The zero-order chi connectivity index (χ0) is 21.8. The van der Waals surface area contributed by atoms with Crippen LogP contribution in [-0.2, 0) is 15.7 Å². The average Bonchev–Trinajstić information content (AvgIpc) is 2.81. The molecule has 1 unspecified atom stereocenters. The Morgan fingerprint density at radius 2 is 2.00 bits per heavy atom. The summed E-state index contributed by atoms with van der Waals surface area (Å²) >= 11 is 6.35. The first-order chi connectivity index (χ1) is 15.0. The molecular weight excluding hydrogens is 438 g/mol. The average molecular weight is 458 g/mol. The van der Waals surface area contributed by atoms with Crippen LogP contribution >= 0.6 is 11.6 Å². The number of hydrogen-bond acceptors (Lipinski definition) is 5. The first-order valence-corrected chi connectivity index (χ1v) is 11.2. The fraction of sp³-hybridized carbons (Fsp3) is 0.182. The maximum Gasteiger partial charge on any atom is 0.255 e. The largest absolute Gasteiger partial charge is 0.497 e. The lowest BCUT2D eigenvalue weighted by Gasteiger charge is -2.27. The Morgan fingerprint density at radius 1 is 1.19 bits per heavy atom. The second-order valence-electron chi connectivity index (χ2n) is 6.72. The minimum atomic E-state index is -1.12. The van der Waals surface area contributed by atoms with Crippen LogP contribution in [0.1, 0.15) is 10.4 Å². The van der Waals surface area contributed by atoms with Gasteiger partial charge in [-0.3, -0.25) is 14.1 Å². The molecule has 1 amide bonds. The molecule has 0 bridgehead atoms. The molecule has 1 aliphatic rings. The molecule has 31 heavy (non-hydrogen) atoms. The van der Waals surface area contributed by atoms with Crippen molar-refractivity contribution < 1.29 is 18.5 Å². The summed E-state index contributed by atoms with van der Waals surface area (Å²) in [5.74, 6) is 0.855. The molecule has 2 aromatic carbocycles. The standard InChI is InChI=1S/C22H20ClN3O4S/c1-29-18-8-9-24-21(13-18)19-12-16(4-7-20(19)23)25-22(27)15-2-5-17(6-3-15)26-14-30-10-11-31(26)28/h2-9,12-13H,10-11,14H2,1H3,(H,25,27). The van der Waals surface area contributed by atoms with Crippen molar-refractivity contribution >= 4 is 39.9 Å². The van der Waals surface area contributed by atoms with E-state index in [0.717, 1.165) is 5.69 Å². The predicted octanol–water partition coefficient (Wildman–Crippen LogP) is 4.12. The molecule has 160 valence electrons. The van der Waals surface area contributed by atoms with Gasteiger partial charge in [0.2, 0.25) is 0 Å². The molecule has 1 atom stereocenters. The first-order valence-electron chi connectivity index (χ1n) is 9.50. The summed E-state index contributed by atoms with van der Waals surface area (Å²) in [6.07, 6.45) is 1.64. The van der Waals surface area contributed by atoms with Gasteiger partial charge < -0.3 is 14.8 Å². The second-order valence-corrected chi connectivity index (χ2v) is 8.62. The lowest BCUT2D eigenvalue weighted by Crippen LogP contribution is -2.36. The van der Waals surface area contributed by atoms with E-state index in [1.54, 1.807) is 72.2 Å². The van der Waals surface area contributed by atoms with Gasteiger partial charge in [0.1, 0.15) is 23.5 Å². The Bertz CT molecular complexity index is 1120. The predicted molar refractivity (Wildman–Crippen MR) is 122 cm³/mol. The highest BCUT2D eigenvalue weighted by atomic mass is 35.5. The number of halogens is 1. The van der Waals surface area contributed by atoms with E-state index >= 15 is 0 Å². The van der Waals surface area contributed by atoms with E-state index < -0.39 is 11.0 Å². The van der Waals surface area contributed by atoms with Gasteiger partial charge in [-0.2, -0.15) is 0 Å². The Hall–Kier alpha value is -2.94. The number of anilines is 2. The molecule has 1 aromatic heterocycles. The number of nitrogens with one attached hydrogen (secondary N) is 1. The van der Waals surface area contributed by atoms with Crippen LogP contribution < -0.4 is 14.4 Å². The van der Waals surface area contributed by atoms with Crippen molar-refractivity contribution in [1.82, 2.24) is 4.98 Å². The third-order valence-electron chi connectivity index (χ3n) is 4.74. The van der Waals surface area contributed by atoms with Crippen molar-refractivity contribution in [2.24, 2.45) is 0 Å². The Morgan fingerprint density at radius 3 is 2.74 bits per heavy atom. The Labute approximate surface area is 187 Å². The molecule has 0 saturated carbocycles. The molecule has 7 nitrogen and oxygen atoms in total. The van der Waals surface area contributed by atoms with Crippen molar-refractivity contribution in [3.63, 3.8) is 0 Å². The number of carbonyl (C=O) groups excluding carboxylic acids is 1. The second kappa shape index (κ2) is 9.47. The van der Waals surface area contributed by atoms with Gasteiger partial charge in [0.15, 0.2) is 0 Å². The quantitative estimate of drug-likeness (QED) is 0.623. The van der Waals surface area contributed by atoms with Crippen LogP contribution in [0.4, 0.5) is 11.4 Å². The van der Waals surface area contributed by atoms with E-state index in [0.29, 0.717) is 45.6 Å². The van der Waals surface area contributed by atoms with Crippen molar-refractivity contribution in [2.75, 3.05) is 35.8 Å². The topological polar surface area (TPSA) is 80.8 Å².